The molecule has 1 aromatic heterocycles. The van der Waals surface area contributed by atoms with Crippen molar-refractivity contribution in [3.8, 4) is 11.3 Å². The topological polar surface area (TPSA) is 78.4 Å². The summed E-state index contributed by atoms with van der Waals surface area (Å²) in [7, 11) is 0. The van der Waals surface area contributed by atoms with Gasteiger partial charge in [0.1, 0.15) is 23.7 Å². The number of anilines is 2. The summed E-state index contributed by atoms with van der Waals surface area (Å²) in [5, 5.41) is 2.67. The zero-order chi connectivity index (χ0) is 28.9. The fourth-order valence-corrected chi connectivity index (χ4v) is 5.76. The van der Waals surface area contributed by atoms with Crippen LogP contribution in [0.4, 0.5) is 20.5 Å². The molecule has 9 heteroatoms. The molecule has 2 aliphatic heterocycles. The lowest BCUT2D eigenvalue weighted by molar-refractivity contribution is -0.105. The van der Waals surface area contributed by atoms with Crippen molar-refractivity contribution in [3.05, 3.63) is 70.3 Å². The first kappa shape index (κ1) is 28.5. The average molecular weight is 560 g/mol. The summed E-state index contributed by atoms with van der Waals surface area (Å²) in [5.41, 5.74) is 2.60. The van der Waals surface area contributed by atoms with Gasteiger partial charge in [0.2, 0.25) is 12.4 Å². The Morgan fingerprint density at radius 1 is 0.902 bits per heavy atom. The number of nitrogens with one attached hydrogen (secondary N) is 1. The lowest BCUT2D eigenvalue weighted by Crippen LogP contribution is -2.48. The highest BCUT2D eigenvalue weighted by Crippen LogP contribution is 2.34. The molecule has 41 heavy (non-hydrogen) atoms. The second-order valence-electron chi connectivity index (χ2n) is 11.0. The molecule has 1 N–H and O–H groups in total. The largest absolute Gasteiger partial charge is 0.341 e. The third-order valence-electron chi connectivity index (χ3n) is 8.28. The molecule has 0 atom stereocenters. The van der Waals surface area contributed by atoms with Crippen LogP contribution in [0, 0.1) is 24.5 Å². The van der Waals surface area contributed by atoms with Crippen LogP contribution < -0.4 is 10.2 Å². The van der Waals surface area contributed by atoms with Gasteiger partial charge in [-0.05, 0) is 87.5 Å². The van der Waals surface area contributed by atoms with Crippen LogP contribution in [0.25, 0.3) is 23.4 Å². The van der Waals surface area contributed by atoms with Crippen molar-refractivity contribution in [2.45, 2.75) is 45.6 Å². The Morgan fingerprint density at radius 2 is 1.59 bits per heavy atom. The standard InChI is InChI=1S/C32H35F2N5O2/c1-21-10-14-38(15-11-21)24-12-16-39(17-13-24)32-36-30(27-18-23(19-40)7-6-22(27)2)26(31(37-32)35-20-41)9-8-25-28(33)4-3-5-29(25)34/h3-9,18-21,24H,10-17H2,1-2H3,(H,35,36,37,41)/b9-8-. The molecule has 0 saturated carbocycles. The molecule has 0 unspecified atom stereocenters. The van der Waals surface area contributed by atoms with Crippen LogP contribution in [0.1, 0.15) is 59.7 Å². The van der Waals surface area contributed by atoms with Gasteiger partial charge in [-0.2, -0.15) is 4.98 Å². The second-order valence-corrected chi connectivity index (χ2v) is 11.0. The number of aryl methyl sites for hydroxylation is 1. The molecule has 2 saturated heterocycles. The second kappa shape index (κ2) is 12.7. The summed E-state index contributed by atoms with van der Waals surface area (Å²) in [6, 6.07) is 9.45. The lowest BCUT2D eigenvalue weighted by Gasteiger charge is -2.41. The molecule has 5 rings (SSSR count). The van der Waals surface area contributed by atoms with E-state index >= 15 is 0 Å². The molecule has 0 radical (unpaired) electrons. The normalized spacial score (nSPS) is 17.2. The molecule has 1 amide bonds. The van der Waals surface area contributed by atoms with Gasteiger partial charge < -0.3 is 15.1 Å². The van der Waals surface area contributed by atoms with E-state index in [1.54, 1.807) is 12.1 Å². The maximum Gasteiger partial charge on any atom is 0.227 e. The number of halogens is 2. The molecule has 0 spiro atoms. The highest BCUT2D eigenvalue weighted by molar-refractivity contribution is 5.90. The Balaban J connectivity index is 1.54. The SMILES string of the molecule is Cc1ccc(C=O)cc1-c1nc(N2CCC(N3CCC(C)CC3)CC2)nc(NC=O)c1/C=C\c1c(F)cccc1F. The van der Waals surface area contributed by atoms with Gasteiger partial charge in [0.05, 0.1) is 5.69 Å². The Bertz CT molecular complexity index is 1420. The van der Waals surface area contributed by atoms with Crippen LogP contribution >= 0.6 is 0 Å². The van der Waals surface area contributed by atoms with Crippen molar-refractivity contribution in [2.75, 3.05) is 36.4 Å². The van der Waals surface area contributed by atoms with Crippen LogP contribution in [0.15, 0.2) is 36.4 Å². The maximum atomic E-state index is 14.4. The monoisotopic (exact) mass is 559 g/mol. The fourth-order valence-electron chi connectivity index (χ4n) is 5.76. The number of piperidine rings is 2. The van der Waals surface area contributed by atoms with Gasteiger partial charge >= 0.3 is 0 Å². The number of likely N-dealkylation sites (tertiary alicyclic amines) is 1. The quantitative estimate of drug-likeness (QED) is 0.342. The number of benzene rings is 2. The number of carbonyl (C=O) groups is 2. The van der Waals surface area contributed by atoms with Crippen molar-refractivity contribution in [1.29, 1.82) is 0 Å². The van der Waals surface area contributed by atoms with Crippen molar-refractivity contribution in [3.63, 3.8) is 0 Å². The van der Waals surface area contributed by atoms with Crippen LogP contribution in [0.2, 0.25) is 0 Å². The van der Waals surface area contributed by atoms with Crippen molar-refractivity contribution in [1.82, 2.24) is 14.9 Å². The summed E-state index contributed by atoms with van der Waals surface area (Å²) in [6.45, 7) is 8.01. The van der Waals surface area contributed by atoms with E-state index in [9.17, 15) is 18.4 Å². The molecule has 2 aliphatic rings. The summed E-state index contributed by atoms with van der Waals surface area (Å²) in [5.74, 6) is 0.0348. The zero-order valence-corrected chi connectivity index (χ0v) is 23.4. The number of rotatable bonds is 8. The van der Waals surface area contributed by atoms with E-state index in [4.69, 9.17) is 9.97 Å². The van der Waals surface area contributed by atoms with Crippen LogP contribution in [-0.2, 0) is 4.79 Å². The summed E-state index contributed by atoms with van der Waals surface area (Å²) in [4.78, 5) is 37.7. The minimum Gasteiger partial charge on any atom is -0.341 e. The first-order chi connectivity index (χ1) is 19.9. The number of carbonyl (C=O) groups excluding carboxylic acids is 2. The van der Waals surface area contributed by atoms with E-state index < -0.39 is 11.6 Å². The summed E-state index contributed by atoms with van der Waals surface area (Å²) >= 11 is 0. The predicted molar refractivity (Wildman–Crippen MR) is 158 cm³/mol. The van der Waals surface area contributed by atoms with Gasteiger partial charge in [0.15, 0.2) is 0 Å². The molecule has 0 bridgehead atoms. The van der Waals surface area contributed by atoms with Gasteiger partial charge in [-0.25, -0.2) is 13.8 Å². The van der Waals surface area contributed by atoms with Crippen LogP contribution in [0.3, 0.4) is 0 Å². The van der Waals surface area contributed by atoms with Gasteiger partial charge in [-0.15, -0.1) is 0 Å². The molecule has 3 aromatic rings. The molecule has 7 nitrogen and oxygen atoms in total. The Kier molecular flexibility index (Phi) is 8.83. The number of aldehydes is 1. The fraction of sp³-hybridized carbons (Fsp3) is 0.375. The number of nitrogens with zero attached hydrogens (tertiary/aromatic N) is 4. The minimum atomic E-state index is -0.713. The molecule has 214 valence electrons. The number of amides is 1. The van der Waals surface area contributed by atoms with Crippen molar-refractivity contribution < 1.29 is 18.4 Å². The first-order valence-corrected chi connectivity index (χ1v) is 14.2. The van der Waals surface area contributed by atoms with Gasteiger partial charge in [0, 0.05) is 41.4 Å². The van der Waals surface area contributed by atoms with E-state index in [1.165, 1.54) is 43.2 Å². The lowest BCUT2D eigenvalue weighted by atomic mass is 9.95. The Labute approximate surface area is 239 Å². The first-order valence-electron chi connectivity index (χ1n) is 14.2. The summed E-state index contributed by atoms with van der Waals surface area (Å²) < 4.78 is 28.9. The predicted octanol–water partition coefficient (Wildman–Crippen LogP) is 5.98. The maximum absolute atomic E-state index is 14.4. The van der Waals surface area contributed by atoms with E-state index in [-0.39, 0.29) is 11.4 Å². The number of hydrogen-bond acceptors (Lipinski definition) is 6. The smallest absolute Gasteiger partial charge is 0.227 e. The molecule has 2 fully saturated rings. The third kappa shape index (κ3) is 6.35. The van der Waals surface area contributed by atoms with Crippen LogP contribution in [0.5, 0.6) is 0 Å². The van der Waals surface area contributed by atoms with Gasteiger partial charge in [-0.1, -0.05) is 25.1 Å². The Hall–Kier alpha value is -3.98. The number of hydrogen-bond donors (Lipinski definition) is 1. The Morgan fingerprint density at radius 3 is 2.24 bits per heavy atom. The van der Waals surface area contributed by atoms with Crippen molar-refractivity contribution in [2.24, 2.45) is 5.92 Å². The van der Waals surface area contributed by atoms with Crippen LogP contribution in [-0.4, -0.2) is 59.8 Å². The third-order valence-corrected chi connectivity index (χ3v) is 8.28. The molecule has 3 heterocycles. The zero-order valence-electron chi connectivity index (χ0n) is 23.4. The van der Waals surface area contributed by atoms with E-state index in [0.29, 0.717) is 40.8 Å². The highest BCUT2D eigenvalue weighted by Gasteiger charge is 2.29. The van der Waals surface area contributed by atoms with Crippen molar-refractivity contribution >= 4 is 36.6 Å². The number of aromatic nitrogens is 2. The molecular formula is C32H35F2N5O2. The summed E-state index contributed by atoms with van der Waals surface area (Å²) in [6.07, 6.45) is 8.53. The average Bonchev–Trinajstić information content (AvgIpc) is 2.98. The van der Waals surface area contributed by atoms with E-state index in [2.05, 4.69) is 22.0 Å². The van der Waals surface area contributed by atoms with Gasteiger partial charge in [0.25, 0.3) is 0 Å². The highest BCUT2D eigenvalue weighted by atomic mass is 19.1. The van der Waals surface area contributed by atoms with Gasteiger partial charge in [-0.3, -0.25) is 9.59 Å². The van der Waals surface area contributed by atoms with E-state index in [1.807, 2.05) is 13.0 Å². The molecule has 0 aliphatic carbocycles. The molecular weight excluding hydrogens is 524 g/mol. The van der Waals surface area contributed by atoms with E-state index in [0.717, 1.165) is 56.8 Å². The minimum absolute atomic E-state index is 0.216. The molecule has 2 aromatic carbocycles.